The molecule has 5 rings (SSSR count). The van der Waals surface area contributed by atoms with Gasteiger partial charge in [0.1, 0.15) is 0 Å². The maximum absolute atomic E-state index is 13.6. The summed E-state index contributed by atoms with van der Waals surface area (Å²) in [7, 11) is 0. The summed E-state index contributed by atoms with van der Waals surface area (Å²) in [5.74, 6) is -0.753. The van der Waals surface area contributed by atoms with E-state index >= 15 is 0 Å². The summed E-state index contributed by atoms with van der Waals surface area (Å²) < 4.78 is 12.0. The van der Waals surface area contributed by atoms with Gasteiger partial charge >= 0.3 is 5.97 Å². The minimum absolute atomic E-state index is 0.167. The molecular formula is C33H34N2O5. The fraction of sp³-hybridized carbons (Fsp3) is 0.303. The summed E-state index contributed by atoms with van der Waals surface area (Å²) in [6.45, 7) is 12.2. The van der Waals surface area contributed by atoms with E-state index in [1.807, 2.05) is 96.1 Å². The number of carboxylic acid groups (broad SMARTS) is 1. The molecule has 0 saturated carbocycles. The van der Waals surface area contributed by atoms with Crippen LogP contribution in [0.25, 0.3) is 22.6 Å². The molecule has 4 aromatic rings. The van der Waals surface area contributed by atoms with Crippen LogP contribution in [0.5, 0.6) is 0 Å². The van der Waals surface area contributed by atoms with Gasteiger partial charge in [0.15, 0.2) is 6.10 Å². The predicted octanol–water partition coefficient (Wildman–Crippen LogP) is 7.03. The third-order valence-electron chi connectivity index (χ3n) is 7.34. The van der Waals surface area contributed by atoms with E-state index in [-0.39, 0.29) is 11.7 Å². The zero-order chi connectivity index (χ0) is 28.8. The normalized spacial score (nSPS) is 13.8. The van der Waals surface area contributed by atoms with E-state index in [4.69, 9.17) is 9.15 Å². The van der Waals surface area contributed by atoms with Crippen molar-refractivity contribution in [2.24, 2.45) is 0 Å². The molecule has 7 nitrogen and oxygen atoms in total. The number of rotatable bonds is 6. The molecule has 0 fully saturated rings. The van der Waals surface area contributed by atoms with Crippen LogP contribution < -0.4 is 0 Å². The standard InChI is InChI=1S/C33H34N2O5/c1-19-12-14-22(15-13-19)27-20(2)24-17-35(31(36)26-16-34-30(39-26)23-10-8-7-9-11-23)18-25(24)21(3)28(27)29(32(37)38)40-33(4,5)6/h7-16,29H,17-18H2,1-6H3,(H,37,38)/t29-/m0/s1. The van der Waals surface area contributed by atoms with Crippen LogP contribution in [-0.2, 0) is 22.6 Å². The van der Waals surface area contributed by atoms with Gasteiger partial charge in [-0.1, -0.05) is 48.0 Å². The Bertz CT molecular complexity index is 1580. The molecule has 206 valence electrons. The van der Waals surface area contributed by atoms with E-state index in [1.54, 1.807) is 4.90 Å². The van der Waals surface area contributed by atoms with Crippen molar-refractivity contribution >= 4 is 11.9 Å². The quantitative estimate of drug-likeness (QED) is 0.283. The Morgan fingerprint density at radius 1 is 0.925 bits per heavy atom. The highest BCUT2D eigenvalue weighted by Crippen LogP contribution is 2.44. The van der Waals surface area contributed by atoms with Crippen LogP contribution >= 0.6 is 0 Å². The highest BCUT2D eigenvalue weighted by molar-refractivity contribution is 5.92. The van der Waals surface area contributed by atoms with Crippen LogP contribution in [0.3, 0.4) is 0 Å². The lowest BCUT2D eigenvalue weighted by Gasteiger charge is -2.29. The number of hydrogen-bond donors (Lipinski definition) is 1. The zero-order valence-corrected chi connectivity index (χ0v) is 23.7. The third-order valence-corrected chi connectivity index (χ3v) is 7.34. The van der Waals surface area contributed by atoms with Gasteiger partial charge in [-0.25, -0.2) is 9.78 Å². The van der Waals surface area contributed by atoms with Gasteiger partial charge in [-0.15, -0.1) is 0 Å². The maximum Gasteiger partial charge on any atom is 0.337 e. The number of aliphatic carboxylic acids is 1. The molecule has 3 aromatic carbocycles. The molecule has 1 atom stereocenters. The molecule has 0 saturated heterocycles. The van der Waals surface area contributed by atoms with Crippen LogP contribution in [0.1, 0.15) is 70.8 Å². The maximum atomic E-state index is 13.6. The van der Waals surface area contributed by atoms with Crippen molar-refractivity contribution in [1.82, 2.24) is 9.88 Å². The summed E-state index contributed by atoms with van der Waals surface area (Å²) in [6, 6.07) is 17.5. The van der Waals surface area contributed by atoms with E-state index in [2.05, 4.69) is 4.98 Å². The first kappa shape index (κ1) is 27.3. The highest BCUT2D eigenvalue weighted by Gasteiger charge is 2.37. The summed E-state index contributed by atoms with van der Waals surface area (Å²) in [6.07, 6.45) is 0.293. The Balaban J connectivity index is 1.58. The molecule has 0 unspecified atom stereocenters. The Hall–Kier alpha value is -4.23. The first-order chi connectivity index (χ1) is 18.9. The first-order valence-electron chi connectivity index (χ1n) is 13.4. The van der Waals surface area contributed by atoms with Gasteiger partial charge in [0.25, 0.3) is 5.91 Å². The minimum atomic E-state index is -1.17. The lowest BCUT2D eigenvalue weighted by molar-refractivity contribution is -0.160. The smallest absolute Gasteiger partial charge is 0.337 e. The number of nitrogens with zero attached hydrogens (tertiary/aromatic N) is 2. The monoisotopic (exact) mass is 538 g/mol. The van der Waals surface area contributed by atoms with Gasteiger partial charge in [-0.3, -0.25) is 4.79 Å². The second kappa shape index (κ2) is 10.4. The fourth-order valence-corrected chi connectivity index (χ4v) is 5.41. The van der Waals surface area contributed by atoms with Crippen LogP contribution in [0.2, 0.25) is 0 Å². The van der Waals surface area contributed by atoms with Gasteiger partial charge in [0.2, 0.25) is 11.7 Å². The van der Waals surface area contributed by atoms with Crippen LogP contribution in [-0.4, -0.2) is 32.5 Å². The molecule has 40 heavy (non-hydrogen) atoms. The highest BCUT2D eigenvalue weighted by atomic mass is 16.5. The van der Waals surface area contributed by atoms with Crippen LogP contribution in [0, 0.1) is 20.8 Å². The Morgan fingerprint density at radius 3 is 2.15 bits per heavy atom. The molecule has 1 N–H and O–H groups in total. The molecule has 1 aliphatic rings. The predicted molar refractivity (Wildman–Crippen MR) is 153 cm³/mol. The number of fused-ring (bicyclic) bond motifs is 1. The fourth-order valence-electron chi connectivity index (χ4n) is 5.41. The number of amides is 1. The van der Waals surface area contributed by atoms with Crippen molar-refractivity contribution in [2.75, 3.05) is 0 Å². The number of carbonyl (C=O) groups is 2. The molecule has 1 aliphatic heterocycles. The van der Waals surface area contributed by atoms with Gasteiger partial charge in [0, 0.05) is 24.2 Å². The lowest BCUT2D eigenvalue weighted by atomic mass is 9.83. The number of hydrogen-bond acceptors (Lipinski definition) is 5. The topological polar surface area (TPSA) is 92.9 Å². The van der Waals surface area contributed by atoms with Crippen molar-refractivity contribution < 1.29 is 23.8 Å². The number of aryl methyl sites for hydroxylation is 1. The molecule has 0 spiro atoms. The number of carbonyl (C=O) groups excluding carboxylic acids is 1. The SMILES string of the molecule is Cc1ccc(-c2c(C)c3c(c(C)c2[C@H](OC(C)(C)C)C(=O)O)CN(C(=O)c2cnc(-c4ccccc4)o2)C3)cc1. The van der Waals surface area contributed by atoms with E-state index in [1.165, 1.54) is 6.20 Å². The van der Waals surface area contributed by atoms with Gasteiger partial charge in [-0.2, -0.15) is 0 Å². The van der Waals surface area contributed by atoms with E-state index in [0.29, 0.717) is 24.5 Å². The summed E-state index contributed by atoms with van der Waals surface area (Å²) in [4.78, 5) is 32.3. The average Bonchev–Trinajstić information content (AvgIpc) is 3.58. The lowest BCUT2D eigenvalue weighted by Crippen LogP contribution is -2.28. The molecule has 0 aliphatic carbocycles. The van der Waals surface area contributed by atoms with Crippen LogP contribution in [0.15, 0.2) is 65.2 Å². The van der Waals surface area contributed by atoms with E-state index in [9.17, 15) is 14.7 Å². The number of ether oxygens (including phenoxy) is 1. The number of aromatic nitrogens is 1. The Morgan fingerprint density at radius 2 is 1.55 bits per heavy atom. The molecule has 7 heteroatoms. The third kappa shape index (κ3) is 5.17. The summed E-state index contributed by atoms with van der Waals surface area (Å²) in [5, 5.41) is 10.3. The van der Waals surface area contributed by atoms with Gasteiger partial charge in [-0.05, 0) is 87.1 Å². The van der Waals surface area contributed by atoms with Crippen LogP contribution in [0.4, 0.5) is 0 Å². The summed E-state index contributed by atoms with van der Waals surface area (Å²) in [5.41, 5.74) is 7.35. The molecule has 0 radical (unpaired) electrons. The average molecular weight is 539 g/mol. The zero-order valence-electron chi connectivity index (χ0n) is 23.7. The second-order valence-electron chi connectivity index (χ2n) is 11.4. The van der Waals surface area contributed by atoms with Crippen molar-refractivity contribution in [1.29, 1.82) is 0 Å². The molecule has 1 aromatic heterocycles. The molecule has 1 amide bonds. The van der Waals surface area contributed by atoms with Crippen molar-refractivity contribution in [2.45, 2.75) is 66.3 Å². The second-order valence-corrected chi connectivity index (χ2v) is 11.4. The van der Waals surface area contributed by atoms with Gasteiger partial charge in [0.05, 0.1) is 11.8 Å². The largest absolute Gasteiger partial charge is 0.479 e. The molecule has 0 bridgehead atoms. The van der Waals surface area contributed by atoms with E-state index < -0.39 is 17.7 Å². The Labute approximate surface area is 234 Å². The number of oxazole rings is 1. The molecular weight excluding hydrogens is 504 g/mol. The molecule has 2 heterocycles. The van der Waals surface area contributed by atoms with E-state index in [0.717, 1.165) is 44.5 Å². The van der Waals surface area contributed by atoms with Crippen molar-refractivity contribution in [3.8, 4) is 22.6 Å². The number of carboxylic acids is 1. The minimum Gasteiger partial charge on any atom is -0.479 e. The van der Waals surface area contributed by atoms with Crippen molar-refractivity contribution in [3.05, 3.63) is 99.9 Å². The number of benzene rings is 3. The summed E-state index contributed by atoms with van der Waals surface area (Å²) >= 11 is 0. The first-order valence-corrected chi connectivity index (χ1v) is 13.4. The Kier molecular flexibility index (Phi) is 7.10. The van der Waals surface area contributed by atoms with Gasteiger partial charge < -0.3 is 19.2 Å². The van der Waals surface area contributed by atoms with Crippen molar-refractivity contribution in [3.63, 3.8) is 0 Å².